The van der Waals surface area contributed by atoms with E-state index in [1.807, 2.05) is 18.2 Å². The van der Waals surface area contributed by atoms with Gasteiger partial charge in [-0.15, -0.1) is 0 Å². The Morgan fingerprint density at radius 3 is 2.73 bits per heavy atom. The fourth-order valence-corrected chi connectivity index (χ4v) is 1.40. The van der Waals surface area contributed by atoms with Crippen molar-refractivity contribution in [3.05, 3.63) is 48.0 Å². The van der Waals surface area contributed by atoms with Gasteiger partial charge < -0.3 is 4.74 Å². The zero-order chi connectivity index (χ0) is 11.3. The zero-order valence-electron chi connectivity index (χ0n) is 9.19. The lowest BCUT2D eigenvalue weighted by Crippen LogP contribution is -2.09. The third-order valence-corrected chi connectivity index (χ3v) is 2.13. The third kappa shape index (κ3) is 2.94. The van der Waals surface area contributed by atoms with E-state index in [0.29, 0.717) is 11.5 Å². The molecule has 0 amide bonds. The van der Waals surface area contributed by atoms with Crippen molar-refractivity contribution in [1.82, 2.24) is 0 Å². The molecule has 0 aliphatic heterocycles. The van der Waals surface area contributed by atoms with Crippen molar-refractivity contribution in [1.29, 1.82) is 0 Å². The molecular formula is C13H16O2. The fraction of sp³-hybridized carbons (Fsp3) is 0.308. The lowest BCUT2D eigenvalue weighted by atomic mass is 9.97. The first-order chi connectivity index (χ1) is 7.16. The number of rotatable bonds is 4. The molecule has 15 heavy (non-hydrogen) atoms. The average molecular weight is 204 g/mol. The summed E-state index contributed by atoms with van der Waals surface area (Å²) in [5, 5.41) is 0. The minimum atomic E-state index is -0.279. The maximum absolute atomic E-state index is 11.7. The van der Waals surface area contributed by atoms with E-state index in [9.17, 15) is 4.79 Å². The summed E-state index contributed by atoms with van der Waals surface area (Å²) in [5.41, 5.74) is 1.67. The fourth-order valence-electron chi connectivity index (χ4n) is 1.40. The van der Waals surface area contributed by atoms with Gasteiger partial charge in [0, 0.05) is 0 Å². The molecule has 0 fully saturated rings. The molecule has 0 atom stereocenters. The Balaban J connectivity index is 2.92. The standard InChI is InChI=1S/C13H16O2/c1-4-9-15-13(14)12-8-6-5-7-11(12)10(2)3/h4-8,10H,1,9H2,2-3H3. The summed E-state index contributed by atoms with van der Waals surface area (Å²) in [6.45, 7) is 7.87. The summed E-state index contributed by atoms with van der Waals surface area (Å²) >= 11 is 0. The maximum atomic E-state index is 11.7. The molecule has 0 spiro atoms. The second-order valence-corrected chi connectivity index (χ2v) is 3.63. The van der Waals surface area contributed by atoms with E-state index in [0.717, 1.165) is 5.56 Å². The van der Waals surface area contributed by atoms with Gasteiger partial charge in [-0.05, 0) is 17.5 Å². The highest BCUT2D eigenvalue weighted by Crippen LogP contribution is 2.19. The van der Waals surface area contributed by atoms with E-state index >= 15 is 0 Å². The minimum Gasteiger partial charge on any atom is -0.458 e. The van der Waals surface area contributed by atoms with Gasteiger partial charge in [0.05, 0.1) is 5.56 Å². The van der Waals surface area contributed by atoms with Crippen molar-refractivity contribution < 1.29 is 9.53 Å². The Morgan fingerprint density at radius 2 is 2.13 bits per heavy atom. The second kappa shape index (κ2) is 5.35. The molecular weight excluding hydrogens is 188 g/mol. The van der Waals surface area contributed by atoms with E-state index < -0.39 is 0 Å². The number of benzene rings is 1. The number of hydrogen-bond acceptors (Lipinski definition) is 2. The molecule has 0 aromatic heterocycles. The molecule has 0 N–H and O–H groups in total. The lowest BCUT2D eigenvalue weighted by Gasteiger charge is -2.11. The van der Waals surface area contributed by atoms with Crippen molar-refractivity contribution in [3.8, 4) is 0 Å². The van der Waals surface area contributed by atoms with Gasteiger partial charge in [0.1, 0.15) is 6.61 Å². The molecule has 0 aliphatic rings. The summed E-state index contributed by atoms with van der Waals surface area (Å²) in [5.74, 6) is 0.0386. The Hall–Kier alpha value is -1.57. The lowest BCUT2D eigenvalue weighted by molar-refractivity contribution is 0.0548. The van der Waals surface area contributed by atoms with Gasteiger partial charge in [-0.3, -0.25) is 0 Å². The summed E-state index contributed by atoms with van der Waals surface area (Å²) in [7, 11) is 0. The van der Waals surface area contributed by atoms with E-state index in [1.165, 1.54) is 0 Å². The largest absolute Gasteiger partial charge is 0.458 e. The molecule has 2 heteroatoms. The summed E-state index contributed by atoms with van der Waals surface area (Å²) in [4.78, 5) is 11.7. The Bertz CT molecular complexity index is 353. The first kappa shape index (κ1) is 11.5. The van der Waals surface area contributed by atoms with Crippen LogP contribution in [-0.4, -0.2) is 12.6 Å². The molecule has 1 rings (SSSR count). The van der Waals surface area contributed by atoms with Gasteiger partial charge in [-0.25, -0.2) is 4.79 Å². The van der Waals surface area contributed by atoms with Gasteiger partial charge in [0.15, 0.2) is 0 Å². The van der Waals surface area contributed by atoms with Crippen LogP contribution >= 0.6 is 0 Å². The van der Waals surface area contributed by atoms with Crippen molar-refractivity contribution in [3.63, 3.8) is 0 Å². The minimum absolute atomic E-state index is 0.255. The molecule has 0 radical (unpaired) electrons. The van der Waals surface area contributed by atoms with E-state index in [2.05, 4.69) is 20.4 Å². The SMILES string of the molecule is C=CCOC(=O)c1ccccc1C(C)C. The topological polar surface area (TPSA) is 26.3 Å². The van der Waals surface area contributed by atoms with Gasteiger partial charge in [0.25, 0.3) is 0 Å². The number of hydrogen-bond donors (Lipinski definition) is 0. The van der Waals surface area contributed by atoms with Crippen LogP contribution in [0.25, 0.3) is 0 Å². The van der Waals surface area contributed by atoms with Gasteiger partial charge in [-0.1, -0.05) is 44.7 Å². The van der Waals surface area contributed by atoms with Crippen LogP contribution in [0.1, 0.15) is 35.7 Å². The van der Waals surface area contributed by atoms with Crippen LogP contribution in [0, 0.1) is 0 Å². The number of carbonyl (C=O) groups is 1. The Kier molecular flexibility index (Phi) is 4.10. The highest BCUT2D eigenvalue weighted by molar-refractivity contribution is 5.91. The van der Waals surface area contributed by atoms with Crippen LogP contribution in [0.5, 0.6) is 0 Å². The van der Waals surface area contributed by atoms with E-state index in [4.69, 9.17) is 4.74 Å². The van der Waals surface area contributed by atoms with Crippen LogP contribution in [0.2, 0.25) is 0 Å². The van der Waals surface area contributed by atoms with Crippen LogP contribution < -0.4 is 0 Å². The average Bonchev–Trinajstić information content (AvgIpc) is 2.25. The van der Waals surface area contributed by atoms with E-state index in [-0.39, 0.29) is 12.6 Å². The molecule has 0 heterocycles. The molecule has 0 aliphatic carbocycles. The zero-order valence-corrected chi connectivity index (χ0v) is 9.19. The molecule has 0 saturated carbocycles. The van der Waals surface area contributed by atoms with Crippen molar-refractivity contribution in [2.24, 2.45) is 0 Å². The quantitative estimate of drug-likeness (QED) is 0.556. The van der Waals surface area contributed by atoms with Crippen LogP contribution in [0.15, 0.2) is 36.9 Å². The van der Waals surface area contributed by atoms with Crippen LogP contribution in [0.3, 0.4) is 0 Å². The summed E-state index contributed by atoms with van der Waals surface area (Å²) in [6, 6.07) is 7.52. The molecule has 0 unspecified atom stereocenters. The molecule has 80 valence electrons. The Labute approximate surface area is 90.6 Å². The molecule has 0 bridgehead atoms. The maximum Gasteiger partial charge on any atom is 0.338 e. The van der Waals surface area contributed by atoms with Crippen molar-refractivity contribution in [2.45, 2.75) is 19.8 Å². The Morgan fingerprint density at radius 1 is 1.47 bits per heavy atom. The number of carbonyl (C=O) groups excluding carboxylic acids is 1. The molecule has 0 saturated heterocycles. The molecule has 1 aromatic carbocycles. The van der Waals surface area contributed by atoms with Gasteiger partial charge in [-0.2, -0.15) is 0 Å². The highest BCUT2D eigenvalue weighted by Gasteiger charge is 2.13. The molecule has 1 aromatic rings. The predicted molar refractivity (Wildman–Crippen MR) is 61.0 cm³/mol. The first-order valence-electron chi connectivity index (χ1n) is 5.03. The van der Waals surface area contributed by atoms with Gasteiger partial charge >= 0.3 is 5.97 Å². The number of esters is 1. The molecule has 2 nitrogen and oxygen atoms in total. The summed E-state index contributed by atoms with van der Waals surface area (Å²) < 4.78 is 5.01. The van der Waals surface area contributed by atoms with E-state index in [1.54, 1.807) is 12.1 Å². The van der Waals surface area contributed by atoms with Crippen LogP contribution in [-0.2, 0) is 4.74 Å². The first-order valence-corrected chi connectivity index (χ1v) is 5.03. The van der Waals surface area contributed by atoms with Crippen LogP contribution in [0.4, 0.5) is 0 Å². The smallest absolute Gasteiger partial charge is 0.338 e. The predicted octanol–water partition coefficient (Wildman–Crippen LogP) is 3.15. The monoisotopic (exact) mass is 204 g/mol. The highest BCUT2D eigenvalue weighted by atomic mass is 16.5. The normalized spacial score (nSPS) is 10.1. The van der Waals surface area contributed by atoms with Crippen molar-refractivity contribution >= 4 is 5.97 Å². The summed E-state index contributed by atoms with van der Waals surface area (Å²) in [6.07, 6.45) is 1.57. The van der Waals surface area contributed by atoms with Gasteiger partial charge in [0.2, 0.25) is 0 Å². The number of ether oxygens (including phenoxy) is 1. The third-order valence-electron chi connectivity index (χ3n) is 2.13. The second-order valence-electron chi connectivity index (χ2n) is 3.63. The van der Waals surface area contributed by atoms with Crippen molar-refractivity contribution in [2.75, 3.05) is 6.61 Å².